The van der Waals surface area contributed by atoms with Crippen LogP contribution >= 0.6 is 0 Å². The highest BCUT2D eigenvalue weighted by molar-refractivity contribution is 5.96. The lowest BCUT2D eigenvalue weighted by Crippen LogP contribution is -2.34. The zero-order chi connectivity index (χ0) is 18.9. The van der Waals surface area contributed by atoms with E-state index in [9.17, 15) is 9.59 Å². The van der Waals surface area contributed by atoms with E-state index < -0.39 is 0 Å². The van der Waals surface area contributed by atoms with Crippen LogP contribution in [0.2, 0.25) is 0 Å². The van der Waals surface area contributed by atoms with Crippen molar-refractivity contribution >= 4 is 17.5 Å². The Hall–Kier alpha value is -3.17. The molecule has 0 spiro atoms. The van der Waals surface area contributed by atoms with Gasteiger partial charge in [-0.2, -0.15) is 5.26 Å². The number of hydrogen-bond donors (Lipinski definition) is 2. The van der Waals surface area contributed by atoms with E-state index in [0.717, 1.165) is 5.56 Å². The van der Waals surface area contributed by atoms with Crippen LogP contribution in [0.3, 0.4) is 0 Å². The maximum absolute atomic E-state index is 12.4. The molecule has 2 aromatic carbocycles. The highest BCUT2D eigenvalue weighted by Crippen LogP contribution is 2.17. The lowest BCUT2D eigenvalue weighted by atomic mass is 10.1. The van der Waals surface area contributed by atoms with Crippen molar-refractivity contribution in [3.8, 4) is 6.07 Å². The zero-order valence-corrected chi connectivity index (χ0v) is 14.9. The van der Waals surface area contributed by atoms with Gasteiger partial charge in [-0.1, -0.05) is 30.3 Å². The van der Waals surface area contributed by atoms with Crippen LogP contribution in [-0.2, 0) is 4.79 Å². The van der Waals surface area contributed by atoms with E-state index in [2.05, 4.69) is 15.5 Å². The van der Waals surface area contributed by atoms with Crippen LogP contribution in [0.15, 0.2) is 54.6 Å². The normalized spacial score (nSPS) is 11.5. The van der Waals surface area contributed by atoms with Gasteiger partial charge in [-0.15, -0.1) is 0 Å². The molecule has 134 valence electrons. The minimum Gasteiger partial charge on any atom is -0.350 e. The lowest BCUT2D eigenvalue weighted by molar-refractivity contribution is -0.115. The van der Waals surface area contributed by atoms with E-state index in [4.69, 9.17) is 5.26 Å². The molecule has 0 bridgehead atoms. The molecule has 2 N–H and O–H groups in total. The molecule has 0 aromatic heterocycles. The third-order valence-electron chi connectivity index (χ3n) is 3.93. The van der Waals surface area contributed by atoms with Gasteiger partial charge in [0.1, 0.15) is 6.42 Å². The van der Waals surface area contributed by atoms with Crippen LogP contribution < -0.4 is 10.6 Å². The summed E-state index contributed by atoms with van der Waals surface area (Å²) >= 11 is 0. The summed E-state index contributed by atoms with van der Waals surface area (Å²) < 4.78 is 0. The quantitative estimate of drug-likeness (QED) is 0.804. The van der Waals surface area contributed by atoms with Gasteiger partial charge < -0.3 is 15.5 Å². The van der Waals surface area contributed by atoms with Gasteiger partial charge in [-0.25, -0.2) is 0 Å². The van der Waals surface area contributed by atoms with Gasteiger partial charge in [-0.05, 0) is 43.9 Å². The summed E-state index contributed by atoms with van der Waals surface area (Å²) in [6.45, 7) is 0.483. The van der Waals surface area contributed by atoms with Crippen molar-refractivity contribution in [2.45, 2.75) is 12.5 Å². The van der Waals surface area contributed by atoms with Gasteiger partial charge in [0.15, 0.2) is 0 Å². The van der Waals surface area contributed by atoms with E-state index >= 15 is 0 Å². The number of likely N-dealkylation sites (N-methyl/N-ethyl adjacent to an activating group) is 1. The predicted octanol–water partition coefficient (Wildman–Crippen LogP) is 2.57. The van der Waals surface area contributed by atoms with Crippen LogP contribution in [0.5, 0.6) is 0 Å². The third-order valence-corrected chi connectivity index (χ3v) is 3.93. The van der Waals surface area contributed by atoms with Crippen molar-refractivity contribution in [2.24, 2.45) is 0 Å². The Morgan fingerprint density at radius 3 is 2.31 bits per heavy atom. The molecular weight excluding hydrogens is 328 g/mol. The number of nitrogens with zero attached hydrogens (tertiary/aromatic N) is 2. The SMILES string of the molecule is CN(C)[C@H](CNC(=O)c1ccc(NC(=O)CC#N)cc1)c1ccccc1. The Bertz CT molecular complexity index is 780. The number of hydrogen-bond acceptors (Lipinski definition) is 4. The molecule has 0 saturated heterocycles. The fourth-order valence-electron chi connectivity index (χ4n) is 2.55. The van der Waals surface area contributed by atoms with Crippen LogP contribution in [-0.4, -0.2) is 37.4 Å². The van der Waals surface area contributed by atoms with Crippen LogP contribution in [0.25, 0.3) is 0 Å². The van der Waals surface area contributed by atoms with Crippen molar-refractivity contribution in [3.63, 3.8) is 0 Å². The van der Waals surface area contributed by atoms with Crippen LogP contribution in [0.4, 0.5) is 5.69 Å². The van der Waals surface area contributed by atoms with Gasteiger partial charge in [0.25, 0.3) is 5.91 Å². The number of anilines is 1. The summed E-state index contributed by atoms with van der Waals surface area (Å²) in [5, 5.41) is 14.0. The predicted molar refractivity (Wildman–Crippen MR) is 101 cm³/mol. The van der Waals surface area contributed by atoms with Crippen molar-refractivity contribution < 1.29 is 9.59 Å². The maximum Gasteiger partial charge on any atom is 0.251 e. The maximum atomic E-state index is 12.4. The summed E-state index contributed by atoms with van der Waals surface area (Å²) in [5.41, 5.74) is 2.19. The van der Waals surface area contributed by atoms with Gasteiger partial charge >= 0.3 is 0 Å². The number of amides is 2. The molecule has 0 unspecified atom stereocenters. The first kappa shape index (κ1) is 19.2. The van der Waals surface area contributed by atoms with Gasteiger partial charge in [0.2, 0.25) is 5.91 Å². The van der Waals surface area contributed by atoms with Crippen molar-refractivity contribution in [1.29, 1.82) is 5.26 Å². The summed E-state index contributed by atoms with van der Waals surface area (Å²) in [7, 11) is 3.95. The topological polar surface area (TPSA) is 85.2 Å². The number of nitriles is 1. The van der Waals surface area contributed by atoms with E-state index in [0.29, 0.717) is 17.8 Å². The smallest absolute Gasteiger partial charge is 0.251 e. The number of nitrogens with one attached hydrogen (secondary N) is 2. The molecule has 0 aliphatic heterocycles. The highest BCUT2D eigenvalue weighted by Gasteiger charge is 2.15. The van der Waals surface area contributed by atoms with Crippen molar-refractivity contribution in [2.75, 3.05) is 26.0 Å². The Labute approximate surface area is 153 Å². The molecule has 0 radical (unpaired) electrons. The van der Waals surface area contributed by atoms with Gasteiger partial charge in [0, 0.05) is 17.8 Å². The van der Waals surface area contributed by atoms with Crippen LogP contribution in [0, 0.1) is 11.3 Å². The average Bonchev–Trinajstić information content (AvgIpc) is 2.63. The second-order valence-corrected chi connectivity index (χ2v) is 6.06. The minimum absolute atomic E-state index is 0.0738. The second kappa shape index (κ2) is 9.35. The summed E-state index contributed by atoms with van der Waals surface area (Å²) in [4.78, 5) is 25.8. The van der Waals surface area contributed by atoms with Crippen molar-refractivity contribution in [3.05, 3.63) is 65.7 Å². The van der Waals surface area contributed by atoms with Gasteiger partial charge in [0.05, 0.1) is 12.1 Å². The van der Waals surface area contributed by atoms with Gasteiger partial charge in [-0.3, -0.25) is 9.59 Å². The monoisotopic (exact) mass is 350 g/mol. The molecule has 26 heavy (non-hydrogen) atoms. The number of benzene rings is 2. The largest absolute Gasteiger partial charge is 0.350 e. The summed E-state index contributed by atoms with van der Waals surface area (Å²) in [6.07, 6.45) is -0.201. The molecule has 6 nitrogen and oxygen atoms in total. The Morgan fingerprint density at radius 1 is 1.08 bits per heavy atom. The fraction of sp³-hybridized carbons (Fsp3) is 0.250. The zero-order valence-electron chi connectivity index (χ0n) is 14.9. The first-order valence-corrected chi connectivity index (χ1v) is 8.27. The molecule has 2 amide bonds. The molecule has 0 aliphatic rings. The lowest BCUT2D eigenvalue weighted by Gasteiger charge is -2.25. The number of carbonyl (C=O) groups is 2. The average molecular weight is 350 g/mol. The first-order chi connectivity index (χ1) is 12.5. The molecule has 2 rings (SSSR count). The van der Waals surface area contributed by atoms with Crippen molar-refractivity contribution in [1.82, 2.24) is 10.2 Å². The molecule has 6 heteroatoms. The summed E-state index contributed by atoms with van der Waals surface area (Å²) in [6, 6.07) is 18.4. The van der Waals surface area contributed by atoms with E-state index in [1.165, 1.54) is 0 Å². The second-order valence-electron chi connectivity index (χ2n) is 6.06. The molecule has 0 fully saturated rings. The Morgan fingerprint density at radius 2 is 1.73 bits per heavy atom. The summed E-state index contributed by atoms with van der Waals surface area (Å²) in [5.74, 6) is -0.552. The first-order valence-electron chi connectivity index (χ1n) is 8.27. The molecule has 0 saturated carbocycles. The van der Waals surface area contributed by atoms with E-state index in [1.54, 1.807) is 30.3 Å². The molecule has 1 atom stereocenters. The Kier molecular flexibility index (Phi) is 6.89. The van der Waals surface area contributed by atoms with E-state index in [-0.39, 0.29) is 24.3 Å². The highest BCUT2D eigenvalue weighted by atomic mass is 16.2. The van der Waals surface area contributed by atoms with E-state index in [1.807, 2.05) is 44.4 Å². The third kappa shape index (κ3) is 5.43. The standard InChI is InChI=1S/C20H22N4O2/c1-24(2)18(15-6-4-3-5-7-15)14-22-20(26)16-8-10-17(11-9-16)23-19(25)12-13-21/h3-11,18H,12,14H2,1-2H3,(H,22,26)(H,23,25)/t18-/m1/s1. The molecule has 0 heterocycles. The molecular formula is C20H22N4O2. The van der Waals surface area contributed by atoms with Crippen LogP contribution in [0.1, 0.15) is 28.4 Å². The fourth-order valence-corrected chi connectivity index (χ4v) is 2.55. The minimum atomic E-state index is -0.374. The number of rotatable bonds is 7. The Balaban J connectivity index is 1.96. The number of carbonyl (C=O) groups excluding carboxylic acids is 2. The molecule has 2 aromatic rings. The molecule has 0 aliphatic carbocycles.